The Labute approximate surface area is 116 Å². The molecule has 2 aliphatic heterocycles. The highest BCUT2D eigenvalue weighted by molar-refractivity contribution is 5.87. The summed E-state index contributed by atoms with van der Waals surface area (Å²) in [5.41, 5.74) is 1.87. The topological polar surface area (TPSA) is 53.2 Å². The van der Waals surface area contributed by atoms with Crippen LogP contribution in [0.4, 0.5) is 4.39 Å². The molecule has 1 aromatic carbocycles. The van der Waals surface area contributed by atoms with E-state index in [0.717, 1.165) is 11.1 Å². The third kappa shape index (κ3) is 2.30. The molecule has 1 fully saturated rings. The lowest BCUT2D eigenvalue weighted by Gasteiger charge is -2.17. The van der Waals surface area contributed by atoms with Gasteiger partial charge in [-0.3, -0.25) is 4.79 Å². The Kier molecular flexibility index (Phi) is 3.02. The number of carbonyl (C=O) groups is 1. The van der Waals surface area contributed by atoms with E-state index in [-0.39, 0.29) is 17.8 Å². The highest BCUT2D eigenvalue weighted by Gasteiger charge is 2.27. The summed E-state index contributed by atoms with van der Waals surface area (Å²) >= 11 is 0. The molecule has 1 aromatic rings. The Balaban J connectivity index is 1.77. The lowest BCUT2D eigenvalue weighted by Crippen LogP contribution is -2.20. The van der Waals surface area contributed by atoms with Gasteiger partial charge >= 0.3 is 0 Å². The highest BCUT2D eigenvalue weighted by atomic mass is 19.1. The van der Waals surface area contributed by atoms with Crippen LogP contribution in [0, 0.1) is 0 Å². The van der Waals surface area contributed by atoms with E-state index in [1.54, 1.807) is 6.08 Å². The zero-order valence-electron chi connectivity index (χ0n) is 10.7. The van der Waals surface area contributed by atoms with Crippen molar-refractivity contribution in [2.24, 2.45) is 0 Å². The number of dihydropyridines is 1. The summed E-state index contributed by atoms with van der Waals surface area (Å²) in [5.74, 6) is 0.119. The van der Waals surface area contributed by atoms with E-state index in [0.29, 0.717) is 5.82 Å². The third-order valence-electron chi connectivity index (χ3n) is 3.33. The zero-order valence-corrected chi connectivity index (χ0v) is 10.7. The molecule has 2 atom stereocenters. The van der Waals surface area contributed by atoms with Gasteiger partial charge < -0.3 is 16.0 Å². The van der Waals surface area contributed by atoms with E-state index in [2.05, 4.69) is 22.5 Å². The maximum Gasteiger partial charge on any atom is 0.252 e. The number of benzene rings is 1. The van der Waals surface area contributed by atoms with E-state index in [9.17, 15) is 9.18 Å². The smallest absolute Gasteiger partial charge is 0.252 e. The van der Waals surface area contributed by atoms with Crippen molar-refractivity contribution in [2.75, 3.05) is 0 Å². The van der Waals surface area contributed by atoms with Crippen LogP contribution in [0.1, 0.15) is 23.2 Å². The van der Waals surface area contributed by atoms with Crippen molar-refractivity contribution in [1.82, 2.24) is 16.0 Å². The van der Waals surface area contributed by atoms with Crippen LogP contribution in [0.25, 0.3) is 0 Å². The van der Waals surface area contributed by atoms with Crippen molar-refractivity contribution in [2.45, 2.75) is 12.1 Å². The molecule has 0 aliphatic carbocycles. The molecule has 102 valence electrons. The first-order valence-corrected chi connectivity index (χ1v) is 6.29. The van der Waals surface area contributed by atoms with Crippen LogP contribution in [-0.4, -0.2) is 5.91 Å². The van der Waals surface area contributed by atoms with Gasteiger partial charge in [-0.05, 0) is 17.2 Å². The molecule has 1 saturated heterocycles. The van der Waals surface area contributed by atoms with Crippen LogP contribution in [0.5, 0.6) is 0 Å². The molecule has 20 heavy (non-hydrogen) atoms. The number of hydrogen-bond acceptors (Lipinski definition) is 3. The van der Waals surface area contributed by atoms with Crippen LogP contribution in [0.2, 0.25) is 0 Å². The molecule has 0 saturated carbocycles. The Morgan fingerprint density at radius 2 is 1.85 bits per heavy atom. The first-order chi connectivity index (χ1) is 9.63. The normalized spacial score (nSPS) is 24.8. The Bertz CT molecular complexity index is 619. The Morgan fingerprint density at radius 1 is 1.15 bits per heavy atom. The second-order valence-corrected chi connectivity index (χ2v) is 4.74. The van der Waals surface area contributed by atoms with E-state index >= 15 is 0 Å². The van der Waals surface area contributed by atoms with Crippen molar-refractivity contribution >= 4 is 5.91 Å². The van der Waals surface area contributed by atoms with E-state index in [1.807, 2.05) is 24.3 Å². The highest BCUT2D eigenvalue weighted by Crippen LogP contribution is 2.23. The number of nitrogens with one attached hydrogen (secondary N) is 3. The van der Waals surface area contributed by atoms with Crippen LogP contribution >= 0.6 is 0 Å². The molecule has 0 radical (unpaired) electrons. The number of allylic oxidation sites excluding steroid dienone is 2. The Morgan fingerprint density at radius 3 is 2.40 bits per heavy atom. The summed E-state index contributed by atoms with van der Waals surface area (Å²) in [7, 11) is 0. The van der Waals surface area contributed by atoms with Gasteiger partial charge in [-0.2, -0.15) is 0 Å². The summed E-state index contributed by atoms with van der Waals surface area (Å²) in [6, 6.07) is 7.16. The molecule has 0 aromatic heterocycles. The van der Waals surface area contributed by atoms with Crippen LogP contribution in [-0.2, 0) is 4.79 Å². The van der Waals surface area contributed by atoms with Gasteiger partial charge in [-0.15, -0.1) is 0 Å². The quantitative estimate of drug-likeness (QED) is 0.770. The molecule has 0 bridgehead atoms. The Hall–Kier alpha value is -2.56. The monoisotopic (exact) mass is 271 g/mol. The lowest BCUT2D eigenvalue weighted by atomic mass is 10.00. The molecule has 3 N–H and O–H groups in total. The molecule has 4 nitrogen and oxygen atoms in total. The first-order valence-electron chi connectivity index (χ1n) is 6.29. The first kappa shape index (κ1) is 12.5. The molecular formula is C15H14FN3O. The maximum atomic E-state index is 12.9. The number of carbonyl (C=O) groups excluding carboxylic acids is 1. The lowest BCUT2D eigenvalue weighted by molar-refractivity contribution is -0.120. The number of rotatable bonds is 2. The van der Waals surface area contributed by atoms with Gasteiger partial charge in [0.05, 0.1) is 11.9 Å². The summed E-state index contributed by atoms with van der Waals surface area (Å²) in [5, 5.41) is 8.57. The third-order valence-corrected chi connectivity index (χ3v) is 3.33. The van der Waals surface area contributed by atoms with Crippen LogP contribution in [0.15, 0.2) is 60.8 Å². The van der Waals surface area contributed by atoms with E-state index in [1.165, 1.54) is 12.3 Å². The molecule has 3 rings (SSSR count). The summed E-state index contributed by atoms with van der Waals surface area (Å²) in [6.45, 7) is 3.67. The van der Waals surface area contributed by atoms with Crippen LogP contribution < -0.4 is 16.0 Å². The molecule has 2 aliphatic rings. The van der Waals surface area contributed by atoms with Gasteiger partial charge in [0.15, 0.2) is 0 Å². The average Bonchev–Trinajstić information content (AvgIpc) is 2.79. The molecule has 0 spiro atoms. The van der Waals surface area contributed by atoms with Gasteiger partial charge in [0.25, 0.3) is 5.91 Å². The zero-order chi connectivity index (χ0) is 14.1. The average molecular weight is 271 g/mol. The van der Waals surface area contributed by atoms with Crippen molar-refractivity contribution in [3.8, 4) is 0 Å². The predicted molar refractivity (Wildman–Crippen MR) is 73.8 cm³/mol. The van der Waals surface area contributed by atoms with Gasteiger partial charge in [0.1, 0.15) is 11.9 Å². The second-order valence-electron chi connectivity index (χ2n) is 4.74. The van der Waals surface area contributed by atoms with Crippen molar-refractivity contribution in [1.29, 1.82) is 0 Å². The largest absolute Gasteiger partial charge is 0.378 e. The van der Waals surface area contributed by atoms with E-state index in [4.69, 9.17) is 0 Å². The minimum Gasteiger partial charge on any atom is -0.378 e. The van der Waals surface area contributed by atoms with Crippen LogP contribution in [0.3, 0.4) is 0 Å². The summed E-state index contributed by atoms with van der Waals surface area (Å²) in [6.07, 6.45) is 4.53. The van der Waals surface area contributed by atoms with Gasteiger partial charge in [0, 0.05) is 6.20 Å². The minimum absolute atomic E-state index is 0.0520. The van der Waals surface area contributed by atoms with Gasteiger partial charge in [0.2, 0.25) is 0 Å². The van der Waals surface area contributed by atoms with Gasteiger partial charge in [-0.1, -0.05) is 36.9 Å². The number of hydrogen-bond donors (Lipinski definition) is 3. The molecule has 1 amide bonds. The summed E-state index contributed by atoms with van der Waals surface area (Å²) < 4.78 is 12.9. The van der Waals surface area contributed by atoms with Gasteiger partial charge in [-0.25, -0.2) is 4.39 Å². The molecular weight excluding hydrogens is 257 g/mol. The standard InChI is InChI=1S/C15H14FN3O/c1-9-18-14(15(20)19-9)11-4-2-10(3-5-11)13-7-6-12(16)8-17-13/h2-8,13-14,17-18H,1H2,(H,19,20). The fraction of sp³-hybridized carbons (Fsp3) is 0.133. The fourth-order valence-electron chi connectivity index (χ4n) is 2.30. The SMILES string of the molecule is C=C1NC(=O)C(c2ccc(C3C=CC(F)=CN3)cc2)N1. The second kappa shape index (κ2) is 4.85. The van der Waals surface area contributed by atoms with Crippen molar-refractivity contribution in [3.05, 3.63) is 72.0 Å². The molecule has 5 heteroatoms. The fourth-order valence-corrected chi connectivity index (χ4v) is 2.30. The maximum absolute atomic E-state index is 12.9. The molecule has 2 heterocycles. The minimum atomic E-state index is -0.399. The van der Waals surface area contributed by atoms with Crippen molar-refractivity contribution < 1.29 is 9.18 Å². The molecule has 2 unspecified atom stereocenters. The van der Waals surface area contributed by atoms with E-state index < -0.39 is 6.04 Å². The summed E-state index contributed by atoms with van der Waals surface area (Å²) in [4.78, 5) is 11.7. The number of amides is 1. The number of halogens is 1. The predicted octanol–water partition coefficient (Wildman–Crippen LogP) is 1.93. The van der Waals surface area contributed by atoms with Crippen molar-refractivity contribution in [3.63, 3.8) is 0 Å².